The van der Waals surface area contributed by atoms with Crippen molar-refractivity contribution in [3.8, 4) is 28.7 Å². The van der Waals surface area contributed by atoms with Crippen LogP contribution >= 0.6 is 0 Å². The summed E-state index contributed by atoms with van der Waals surface area (Å²) in [7, 11) is 0. The molecule has 0 aromatic heterocycles. The Morgan fingerprint density at radius 3 is 2.45 bits per heavy atom. The van der Waals surface area contributed by atoms with E-state index in [2.05, 4.69) is 0 Å². The first-order chi connectivity index (χ1) is 14.8. The largest absolute Gasteiger partial charge is 0.508 e. The molecule has 166 valence electrons. The smallest absolute Gasteiger partial charge is 0.229 e. The van der Waals surface area contributed by atoms with Crippen LogP contribution in [-0.4, -0.2) is 73.1 Å². The summed E-state index contributed by atoms with van der Waals surface area (Å²) in [6, 6.07) is 6.88. The van der Waals surface area contributed by atoms with E-state index in [1.54, 1.807) is 12.1 Å². The monoisotopic (exact) mass is 434 g/mol. The highest BCUT2D eigenvalue weighted by Crippen LogP contribution is 2.40. The molecule has 2 aliphatic heterocycles. The highest BCUT2D eigenvalue weighted by molar-refractivity contribution is 5.69. The average Bonchev–Trinajstić information content (AvgIpc) is 2.75. The maximum atomic E-state index is 10.2. The van der Waals surface area contributed by atoms with E-state index in [9.17, 15) is 35.7 Å². The summed E-state index contributed by atoms with van der Waals surface area (Å²) < 4.78 is 16.6. The van der Waals surface area contributed by atoms with Crippen LogP contribution in [-0.2, 0) is 11.2 Å². The van der Waals surface area contributed by atoms with Gasteiger partial charge in [-0.2, -0.15) is 0 Å². The predicted molar refractivity (Wildman–Crippen MR) is 105 cm³/mol. The third-order valence-electron chi connectivity index (χ3n) is 5.22. The first-order valence-electron chi connectivity index (χ1n) is 9.52. The molecule has 7 N–H and O–H groups in total. The number of phenolic OH excluding ortho intramolecular Hbond substituents is 3. The lowest BCUT2D eigenvalue weighted by Crippen LogP contribution is -2.60. The predicted octanol–water partition coefficient (Wildman–Crippen LogP) is -0.0419. The molecule has 31 heavy (non-hydrogen) atoms. The zero-order valence-corrected chi connectivity index (χ0v) is 16.1. The Bertz CT molecular complexity index is 1000. The Kier molecular flexibility index (Phi) is 5.65. The minimum absolute atomic E-state index is 0.0948. The van der Waals surface area contributed by atoms with Crippen molar-refractivity contribution >= 4 is 5.76 Å². The van der Waals surface area contributed by atoms with Crippen LogP contribution in [0, 0.1) is 0 Å². The number of benzene rings is 2. The molecule has 4 rings (SSSR count). The third kappa shape index (κ3) is 3.99. The Morgan fingerprint density at radius 1 is 0.935 bits per heavy atom. The molecule has 0 aliphatic carbocycles. The summed E-state index contributed by atoms with van der Waals surface area (Å²) >= 11 is 0. The van der Waals surface area contributed by atoms with Crippen molar-refractivity contribution in [3.05, 3.63) is 47.5 Å². The van der Waals surface area contributed by atoms with Crippen LogP contribution in [0.5, 0.6) is 28.7 Å². The fourth-order valence-corrected chi connectivity index (χ4v) is 3.50. The van der Waals surface area contributed by atoms with Gasteiger partial charge in [-0.3, -0.25) is 0 Å². The van der Waals surface area contributed by atoms with Gasteiger partial charge in [-0.25, -0.2) is 0 Å². The summed E-state index contributed by atoms with van der Waals surface area (Å²) in [5.74, 6) is 0.0109. The molecule has 1 fully saturated rings. The number of rotatable bonds is 4. The van der Waals surface area contributed by atoms with Crippen molar-refractivity contribution in [1.29, 1.82) is 0 Å². The molecule has 1 saturated heterocycles. The van der Waals surface area contributed by atoms with Crippen molar-refractivity contribution in [1.82, 2.24) is 0 Å². The first kappa shape index (κ1) is 21.2. The molecule has 0 saturated carbocycles. The molecule has 10 heteroatoms. The van der Waals surface area contributed by atoms with Crippen LogP contribution in [0.25, 0.3) is 5.76 Å². The topological polar surface area (TPSA) is 169 Å². The zero-order chi connectivity index (χ0) is 22.3. The molecule has 0 amide bonds. The number of allylic oxidation sites excluding steroid dienone is 1. The van der Waals surface area contributed by atoms with Crippen LogP contribution in [0.4, 0.5) is 0 Å². The Balaban J connectivity index is 1.58. The van der Waals surface area contributed by atoms with E-state index >= 15 is 0 Å². The van der Waals surface area contributed by atoms with Crippen molar-refractivity contribution < 1.29 is 50.0 Å². The van der Waals surface area contributed by atoms with Crippen LogP contribution in [0.1, 0.15) is 11.1 Å². The summed E-state index contributed by atoms with van der Waals surface area (Å²) in [4.78, 5) is 0. The van der Waals surface area contributed by atoms with E-state index in [1.165, 1.54) is 24.3 Å². The number of fused-ring (bicyclic) bond motifs is 1. The van der Waals surface area contributed by atoms with E-state index in [4.69, 9.17) is 14.2 Å². The third-order valence-corrected chi connectivity index (χ3v) is 5.22. The minimum Gasteiger partial charge on any atom is -0.508 e. The fourth-order valence-electron chi connectivity index (χ4n) is 3.50. The van der Waals surface area contributed by atoms with Gasteiger partial charge >= 0.3 is 0 Å². The number of hydrogen-bond acceptors (Lipinski definition) is 10. The van der Waals surface area contributed by atoms with Gasteiger partial charge in [0, 0.05) is 29.7 Å². The van der Waals surface area contributed by atoms with Crippen molar-refractivity contribution in [2.75, 3.05) is 6.61 Å². The molecule has 2 heterocycles. The molecule has 2 aromatic rings. The number of phenols is 3. The SMILES string of the molecule is OC[C@H]1O[C@@H](Oc2cc(C3=CCc4c(O)cc(O)cc4O3)ccc2O)[C@H](O)[C@@H](O)[C@@H]1O. The summed E-state index contributed by atoms with van der Waals surface area (Å²) in [6.45, 7) is -0.614. The number of aliphatic hydroxyl groups excluding tert-OH is 4. The van der Waals surface area contributed by atoms with Gasteiger partial charge in [0.25, 0.3) is 0 Å². The van der Waals surface area contributed by atoms with Gasteiger partial charge < -0.3 is 50.0 Å². The quantitative estimate of drug-likeness (QED) is 0.346. The molecule has 0 bridgehead atoms. The molecule has 0 radical (unpaired) electrons. The van der Waals surface area contributed by atoms with E-state index in [0.29, 0.717) is 23.3 Å². The number of ether oxygens (including phenoxy) is 3. The lowest BCUT2D eigenvalue weighted by Gasteiger charge is -2.39. The van der Waals surface area contributed by atoms with Gasteiger partial charge in [0.1, 0.15) is 47.4 Å². The standard InChI is InChI=1S/C21H22O10/c22-8-17-18(26)19(27)20(28)21(31-17)30-16-5-9(1-3-12(16)24)14-4-2-11-13(25)6-10(23)7-15(11)29-14/h1,3-7,17-28H,2,8H2/t17-,18-,19+,20-,21-/m1/s1. The highest BCUT2D eigenvalue weighted by Gasteiger charge is 2.45. The van der Waals surface area contributed by atoms with Crippen LogP contribution in [0.2, 0.25) is 0 Å². The van der Waals surface area contributed by atoms with Crippen LogP contribution in [0.15, 0.2) is 36.4 Å². The summed E-state index contributed by atoms with van der Waals surface area (Å²) in [6.07, 6.45) is -5.38. The first-order valence-corrected chi connectivity index (χ1v) is 9.52. The Morgan fingerprint density at radius 2 is 1.71 bits per heavy atom. The number of aliphatic hydroxyl groups is 4. The van der Waals surface area contributed by atoms with Gasteiger partial charge in [-0.1, -0.05) is 0 Å². The number of aromatic hydroxyl groups is 3. The van der Waals surface area contributed by atoms with Crippen molar-refractivity contribution in [2.24, 2.45) is 0 Å². The zero-order valence-electron chi connectivity index (χ0n) is 16.1. The van der Waals surface area contributed by atoms with Crippen LogP contribution in [0.3, 0.4) is 0 Å². The maximum Gasteiger partial charge on any atom is 0.229 e. The molecule has 10 nitrogen and oxygen atoms in total. The molecular weight excluding hydrogens is 412 g/mol. The van der Waals surface area contributed by atoms with E-state index in [0.717, 1.165) is 0 Å². The van der Waals surface area contributed by atoms with Crippen molar-refractivity contribution in [2.45, 2.75) is 37.1 Å². The normalized spacial score (nSPS) is 27.7. The lowest BCUT2D eigenvalue weighted by molar-refractivity contribution is -0.277. The molecule has 0 unspecified atom stereocenters. The van der Waals surface area contributed by atoms with Crippen LogP contribution < -0.4 is 9.47 Å². The summed E-state index contributed by atoms with van der Waals surface area (Å²) in [5, 5.41) is 69.0. The van der Waals surface area contributed by atoms with Crippen molar-refractivity contribution in [3.63, 3.8) is 0 Å². The van der Waals surface area contributed by atoms with Gasteiger partial charge in [0.15, 0.2) is 11.5 Å². The molecule has 5 atom stereocenters. The Hall–Kier alpha value is -3.02. The maximum absolute atomic E-state index is 10.2. The lowest BCUT2D eigenvalue weighted by atomic mass is 9.99. The van der Waals surface area contributed by atoms with Gasteiger partial charge in [0.05, 0.1) is 6.61 Å². The second-order valence-corrected chi connectivity index (χ2v) is 7.31. The summed E-state index contributed by atoms with van der Waals surface area (Å²) in [5.41, 5.74) is 0.990. The minimum atomic E-state index is -1.64. The molecule has 2 aliphatic rings. The fraction of sp³-hybridized carbons (Fsp3) is 0.333. The second-order valence-electron chi connectivity index (χ2n) is 7.31. The Labute approximate surface area is 176 Å². The number of hydrogen-bond donors (Lipinski definition) is 7. The molecule has 2 aromatic carbocycles. The van der Waals surface area contributed by atoms with Gasteiger partial charge in [-0.15, -0.1) is 0 Å². The highest BCUT2D eigenvalue weighted by atomic mass is 16.7. The van der Waals surface area contributed by atoms with E-state index in [-0.39, 0.29) is 28.7 Å². The van der Waals surface area contributed by atoms with E-state index < -0.39 is 37.3 Å². The van der Waals surface area contributed by atoms with Gasteiger partial charge in [-0.05, 0) is 24.3 Å². The van der Waals surface area contributed by atoms with E-state index in [1.807, 2.05) is 0 Å². The molecular formula is C21H22O10. The van der Waals surface area contributed by atoms with Gasteiger partial charge in [0.2, 0.25) is 6.29 Å². The second kappa shape index (κ2) is 8.25. The molecule has 0 spiro atoms. The average molecular weight is 434 g/mol.